The van der Waals surface area contributed by atoms with E-state index in [9.17, 15) is 26.7 Å². The Kier molecular flexibility index (Phi) is 5.85. The number of anilines is 2. The summed E-state index contributed by atoms with van der Waals surface area (Å²) in [5, 5.41) is 6.78. The van der Waals surface area contributed by atoms with Crippen molar-refractivity contribution in [2.24, 2.45) is 0 Å². The van der Waals surface area contributed by atoms with Crippen LogP contribution in [-0.2, 0) is 6.18 Å². The zero-order valence-electron chi connectivity index (χ0n) is 19.0. The first-order valence-electron chi connectivity index (χ1n) is 11.2. The molecule has 0 bridgehead atoms. The molecule has 0 aliphatic carbocycles. The van der Waals surface area contributed by atoms with Gasteiger partial charge in [0.1, 0.15) is 17.3 Å². The van der Waals surface area contributed by atoms with Gasteiger partial charge in [0.2, 0.25) is 0 Å². The predicted octanol–water partition coefficient (Wildman–Crippen LogP) is 5.93. The first kappa shape index (κ1) is 23.7. The quantitative estimate of drug-likeness (QED) is 0.352. The lowest BCUT2D eigenvalue weighted by atomic mass is 10.0. The van der Waals surface area contributed by atoms with Crippen molar-refractivity contribution in [1.29, 1.82) is 0 Å². The Morgan fingerprint density at radius 1 is 1.11 bits per heavy atom. The third kappa shape index (κ3) is 4.36. The largest absolute Gasteiger partial charge is 0.433 e. The number of aryl methyl sites for hydroxylation is 1. The monoisotopic (exact) mass is 501 g/mol. The number of hydrogen-bond donors (Lipinski definition) is 1. The molecule has 3 aromatic heterocycles. The average molecular weight is 501 g/mol. The highest BCUT2D eigenvalue weighted by Gasteiger charge is 2.33. The number of rotatable bonds is 4. The molecule has 0 spiro atoms. The van der Waals surface area contributed by atoms with E-state index in [1.165, 1.54) is 23.7 Å². The van der Waals surface area contributed by atoms with Crippen LogP contribution in [0.2, 0.25) is 0 Å². The number of nitrogens with zero attached hydrogens (tertiary/aromatic N) is 4. The second-order valence-corrected chi connectivity index (χ2v) is 8.57. The van der Waals surface area contributed by atoms with Crippen LogP contribution < -0.4 is 10.2 Å². The average Bonchev–Trinajstić information content (AvgIpc) is 3.48. The summed E-state index contributed by atoms with van der Waals surface area (Å²) in [7, 11) is 0. The molecule has 1 aliphatic rings. The number of carbonyl (C=O) groups excluding carboxylic acids is 1. The summed E-state index contributed by atoms with van der Waals surface area (Å²) in [6.45, 7) is 1.99. The molecule has 0 radical (unpaired) electrons. The van der Waals surface area contributed by atoms with Crippen LogP contribution in [0.15, 0.2) is 54.9 Å². The van der Waals surface area contributed by atoms with Crippen LogP contribution in [0.3, 0.4) is 0 Å². The Morgan fingerprint density at radius 3 is 2.67 bits per heavy atom. The highest BCUT2D eigenvalue weighted by atomic mass is 19.4. The Bertz CT molecular complexity index is 1470. The normalized spacial score (nSPS) is 16.1. The van der Waals surface area contributed by atoms with Crippen LogP contribution >= 0.6 is 0 Å². The number of carbonyl (C=O) groups is 1. The Hall–Kier alpha value is -4.02. The maximum atomic E-state index is 14.5. The highest BCUT2D eigenvalue weighted by molar-refractivity contribution is 6.09. The van der Waals surface area contributed by atoms with E-state index in [0.717, 1.165) is 30.7 Å². The number of halogens is 5. The standard InChI is InChI=1S/C25H20F5N5O/c1-14-20(6-7-23(32-14)25(28,29)30)33-24(36)18-13-31-35-10-8-16(12-22(18)35)34-9-2-3-21(34)17-11-15(26)4-5-19(17)27/h4-8,10-13,21H,2-3,9H2,1H3,(H,33,36). The maximum Gasteiger partial charge on any atom is 0.433 e. The zero-order chi connectivity index (χ0) is 25.6. The summed E-state index contributed by atoms with van der Waals surface area (Å²) in [5.41, 5.74) is 0.738. The molecular weight excluding hydrogens is 481 g/mol. The molecular formula is C25H20F5N5O. The molecule has 6 nitrogen and oxygen atoms in total. The molecule has 1 aromatic carbocycles. The van der Waals surface area contributed by atoms with E-state index < -0.39 is 29.4 Å². The number of pyridine rings is 2. The van der Waals surface area contributed by atoms with E-state index in [4.69, 9.17) is 0 Å². The van der Waals surface area contributed by atoms with Crippen LogP contribution in [0.4, 0.5) is 33.3 Å². The van der Waals surface area contributed by atoms with Crippen molar-refractivity contribution in [1.82, 2.24) is 14.6 Å². The molecule has 5 rings (SSSR count). The van der Waals surface area contributed by atoms with Gasteiger partial charge in [-0.15, -0.1) is 0 Å². The molecule has 1 unspecified atom stereocenters. The summed E-state index contributed by atoms with van der Waals surface area (Å²) in [4.78, 5) is 18.5. The summed E-state index contributed by atoms with van der Waals surface area (Å²) < 4.78 is 68.5. The topological polar surface area (TPSA) is 62.5 Å². The maximum absolute atomic E-state index is 14.5. The number of fused-ring (bicyclic) bond motifs is 1. The summed E-state index contributed by atoms with van der Waals surface area (Å²) in [5.74, 6) is -1.57. The number of benzene rings is 1. The zero-order valence-corrected chi connectivity index (χ0v) is 19.0. The number of nitrogens with one attached hydrogen (secondary N) is 1. The van der Waals surface area contributed by atoms with Crippen LogP contribution in [0, 0.1) is 18.6 Å². The minimum atomic E-state index is -4.59. The van der Waals surface area contributed by atoms with E-state index in [-0.39, 0.29) is 28.6 Å². The second kappa shape index (κ2) is 8.89. The van der Waals surface area contributed by atoms with Gasteiger partial charge in [0.15, 0.2) is 0 Å². The van der Waals surface area contributed by atoms with Gasteiger partial charge in [-0.25, -0.2) is 18.3 Å². The molecule has 1 N–H and O–H groups in total. The molecule has 4 heterocycles. The number of alkyl halides is 3. The van der Waals surface area contributed by atoms with Crippen molar-refractivity contribution in [3.63, 3.8) is 0 Å². The van der Waals surface area contributed by atoms with Gasteiger partial charge in [-0.1, -0.05) is 0 Å². The van der Waals surface area contributed by atoms with E-state index in [2.05, 4.69) is 15.4 Å². The lowest BCUT2D eigenvalue weighted by Crippen LogP contribution is -2.23. The van der Waals surface area contributed by atoms with Crippen LogP contribution in [0.25, 0.3) is 5.52 Å². The van der Waals surface area contributed by atoms with E-state index in [0.29, 0.717) is 24.2 Å². The summed E-state index contributed by atoms with van der Waals surface area (Å²) >= 11 is 0. The van der Waals surface area contributed by atoms with Gasteiger partial charge in [-0.2, -0.15) is 18.3 Å². The first-order chi connectivity index (χ1) is 17.1. The molecule has 11 heteroatoms. The Balaban J connectivity index is 1.44. The van der Waals surface area contributed by atoms with Crippen molar-refractivity contribution in [3.05, 3.63) is 89.0 Å². The van der Waals surface area contributed by atoms with Crippen LogP contribution in [-0.4, -0.2) is 27.0 Å². The van der Waals surface area contributed by atoms with Gasteiger partial charge < -0.3 is 10.2 Å². The molecule has 1 atom stereocenters. The number of amides is 1. The molecule has 1 aliphatic heterocycles. The minimum Gasteiger partial charge on any atom is -0.364 e. The smallest absolute Gasteiger partial charge is 0.364 e. The van der Waals surface area contributed by atoms with Gasteiger partial charge >= 0.3 is 6.18 Å². The molecule has 4 aromatic rings. The SMILES string of the molecule is Cc1nc(C(F)(F)F)ccc1NC(=O)c1cnn2ccc(N3CCCC3c3cc(F)ccc3F)cc12. The fourth-order valence-corrected chi connectivity index (χ4v) is 4.53. The van der Waals surface area contributed by atoms with Crippen LogP contribution in [0.1, 0.15) is 46.2 Å². The van der Waals surface area contributed by atoms with Crippen molar-refractivity contribution >= 4 is 22.8 Å². The van der Waals surface area contributed by atoms with Gasteiger partial charge in [0.25, 0.3) is 5.91 Å². The van der Waals surface area contributed by atoms with Crippen molar-refractivity contribution in [2.45, 2.75) is 32.0 Å². The van der Waals surface area contributed by atoms with Gasteiger partial charge in [-0.05, 0) is 62.2 Å². The van der Waals surface area contributed by atoms with Crippen molar-refractivity contribution in [2.75, 3.05) is 16.8 Å². The molecule has 1 saturated heterocycles. The lowest BCUT2D eigenvalue weighted by Gasteiger charge is -2.27. The molecule has 0 saturated carbocycles. The fraction of sp³-hybridized carbons (Fsp3) is 0.240. The highest BCUT2D eigenvalue weighted by Crippen LogP contribution is 2.38. The first-order valence-corrected chi connectivity index (χ1v) is 11.2. The fourth-order valence-electron chi connectivity index (χ4n) is 4.53. The molecule has 36 heavy (non-hydrogen) atoms. The Morgan fingerprint density at radius 2 is 1.92 bits per heavy atom. The molecule has 1 fully saturated rings. The third-order valence-electron chi connectivity index (χ3n) is 6.28. The van der Waals surface area contributed by atoms with Gasteiger partial charge in [0, 0.05) is 24.0 Å². The van der Waals surface area contributed by atoms with Gasteiger partial charge in [-0.3, -0.25) is 4.79 Å². The van der Waals surface area contributed by atoms with E-state index >= 15 is 0 Å². The van der Waals surface area contributed by atoms with Crippen molar-refractivity contribution < 1.29 is 26.7 Å². The van der Waals surface area contributed by atoms with Gasteiger partial charge in [0.05, 0.1) is 34.7 Å². The summed E-state index contributed by atoms with van der Waals surface area (Å²) in [6, 6.07) is 8.49. The molecule has 1 amide bonds. The van der Waals surface area contributed by atoms with Crippen LogP contribution in [0.5, 0.6) is 0 Å². The third-order valence-corrected chi connectivity index (χ3v) is 6.28. The van der Waals surface area contributed by atoms with E-state index in [1.54, 1.807) is 18.3 Å². The lowest BCUT2D eigenvalue weighted by molar-refractivity contribution is -0.141. The molecule has 186 valence electrons. The number of hydrogen-bond acceptors (Lipinski definition) is 4. The van der Waals surface area contributed by atoms with E-state index in [1.807, 2.05) is 4.90 Å². The van der Waals surface area contributed by atoms with Crippen molar-refractivity contribution in [3.8, 4) is 0 Å². The second-order valence-electron chi connectivity index (χ2n) is 8.57. The predicted molar refractivity (Wildman–Crippen MR) is 123 cm³/mol. The Labute approximate surface area is 202 Å². The minimum absolute atomic E-state index is 0.0207. The summed E-state index contributed by atoms with van der Waals surface area (Å²) in [6.07, 6.45) is -0.163. The number of aromatic nitrogens is 3.